The average molecular weight is 893 g/mol. The first-order chi connectivity index (χ1) is 29.1. The van der Waals surface area contributed by atoms with Crippen LogP contribution in [0.1, 0.15) is 89.0 Å². The number of amides is 1. The number of hydrogen-bond acceptors (Lipinski definition) is 8. The van der Waals surface area contributed by atoms with Gasteiger partial charge in [0.15, 0.2) is 11.0 Å². The molecule has 61 heavy (non-hydrogen) atoms. The van der Waals surface area contributed by atoms with Crippen molar-refractivity contribution in [3.8, 4) is 16.9 Å². The Morgan fingerprint density at radius 2 is 1.84 bits per heavy atom. The van der Waals surface area contributed by atoms with E-state index in [0.717, 1.165) is 40.5 Å². The van der Waals surface area contributed by atoms with Gasteiger partial charge in [0.05, 0.1) is 27.2 Å². The van der Waals surface area contributed by atoms with Crippen LogP contribution in [0.25, 0.3) is 28.0 Å². The maximum absolute atomic E-state index is 15.6. The number of fused-ring (bicyclic) bond motifs is 1. The number of aromatic amines is 1. The summed E-state index contributed by atoms with van der Waals surface area (Å²) < 4.78 is 51.4. The summed E-state index contributed by atoms with van der Waals surface area (Å²) in [5, 5.41) is 7.30. The van der Waals surface area contributed by atoms with E-state index in [1.54, 1.807) is 68.3 Å². The number of amidine groups is 1. The topological polar surface area (TPSA) is 151 Å². The lowest BCUT2D eigenvalue weighted by Gasteiger charge is -2.44. The molecule has 1 amide bonds. The highest BCUT2D eigenvalue weighted by Gasteiger charge is 2.45. The SMILES string of the molecule is CN=C(NC)SCCC1CCC[C@@H](c2ccc(-n3cc4cc(-c5cc(CCC[C@H](C)NC(=O)OCc6ccccc6)cc(Cl)c5F)[nH]c4nc3=O)cc2)N1S(=O)(=O)C(C)(C)C. The fourth-order valence-electron chi connectivity index (χ4n) is 7.68. The number of thioether (sulfide) groups is 1. The van der Waals surface area contributed by atoms with E-state index in [4.69, 9.17) is 16.3 Å². The number of nitrogens with one attached hydrogen (secondary N) is 3. The lowest BCUT2D eigenvalue weighted by Crippen LogP contribution is -2.51. The molecule has 3 heterocycles. The third-order valence-electron chi connectivity index (χ3n) is 11.0. The second kappa shape index (κ2) is 20.0. The molecular formula is C45H55ClFN7O5S2. The average Bonchev–Trinajstić information content (AvgIpc) is 3.65. The number of H-pyrrole nitrogens is 1. The molecule has 326 valence electrons. The minimum Gasteiger partial charge on any atom is -0.445 e. The van der Waals surface area contributed by atoms with E-state index in [-0.39, 0.29) is 35.3 Å². The Hall–Kier alpha value is -4.70. The van der Waals surface area contributed by atoms with Crippen LogP contribution in [-0.2, 0) is 27.8 Å². The van der Waals surface area contributed by atoms with Crippen LogP contribution >= 0.6 is 23.4 Å². The zero-order chi connectivity index (χ0) is 43.9. The van der Waals surface area contributed by atoms with Gasteiger partial charge in [0.2, 0.25) is 10.0 Å². The van der Waals surface area contributed by atoms with Gasteiger partial charge < -0.3 is 20.4 Å². The number of benzene rings is 3. The highest BCUT2D eigenvalue weighted by Crippen LogP contribution is 2.41. The first kappa shape index (κ1) is 45.8. The fraction of sp³-hybridized carbons (Fsp3) is 0.422. The van der Waals surface area contributed by atoms with Gasteiger partial charge in [-0.2, -0.15) is 9.29 Å². The summed E-state index contributed by atoms with van der Waals surface area (Å²) in [5.41, 5.74) is 3.57. The van der Waals surface area contributed by atoms with Crippen molar-refractivity contribution in [2.24, 2.45) is 4.99 Å². The van der Waals surface area contributed by atoms with Crippen LogP contribution in [0.5, 0.6) is 0 Å². The van der Waals surface area contributed by atoms with Gasteiger partial charge in [0.25, 0.3) is 0 Å². The number of piperidine rings is 1. The molecule has 0 spiro atoms. The number of ether oxygens (including phenoxy) is 1. The van der Waals surface area contributed by atoms with Gasteiger partial charge in [0, 0.05) is 49.1 Å². The van der Waals surface area contributed by atoms with Gasteiger partial charge in [-0.1, -0.05) is 65.8 Å². The largest absolute Gasteiger partial charge is 0.445 e. The normalized spacial score (nSPS) is 17.0. The number of aryl methyl sites for hydroxylation is 1. The minimum atomic E-state index is -3.70. The van der Waals surface area contributed by atoms with Crippen molar-refractivity contribution in [1.82, 2.24) is 29.5 Å². The molecule has 0 saturated carbocycles. The summed E-state index contributed by atoms with van der Waals surface area (Å²) >= 11 is 7.98. The number of hydrogen-bond donors (Lipinski definition) is 3. The van der Waals surface area contributed by atoms with Crippen LogP contribution < -0.4 is 16.3 Å². The Kier molecular flexibility index (Phi) is 15.0. The number of carbonyl (C=O) groups is 1. The lowest BCUT2D eigenvalue weighted by atomic mass is 9.92. The van der Waals surface area contributed by atoms with Gasteiger partial charge >= 0.3 is 11.8 Å². The Morgan fingerprint density at radius 1 is 1.10 bits per heavy atom. The van der Waals surface area contributed by atoms with Gasteiger partial charge in [-0.15, -0.1) is 0 Å². The number of carbonyl (C=O) groups excluding carboxylic acids is 1. The molecule has 6 rings (SSSR count). The van der Waals surface area contributed by atoms with Crippen LogP contribution in [0.2, 0.25) is 5.02 Å². The highest BCUT2D eigenvalue weighted by molar-refractivity contribution is 8.13. The van der Waals surface area contributed by atoms with Crippen LogP contribution in [0.15, 0.2) is 88.8 Å². The Labute approximate surface area is 366 Å². The summed E-state index contributed by atoms with van der Waals surface area (Å²) in [4.78, 5) is 37.3. The number of alkyl carbamates (subject to hydrolysis) is 1. The van der Waals surface area contributed by atoms with Crippen molar-refractivity contribution in [1.29, 1.82) is 0 Å². The molecule has 1 fully saturated rings. The molecule has 2 aromatic heterocycles. The lowest BCUT2D eigenvalue weighted by molar-refractivity contribution is 0.136. The molecule has 1 saturated heterocycles. The van der Waals surface area contributed by atoms with Crippen molar-refractivity contribution < 1.29 is 22.3 Å². The molecule has 3 N–H and O–H groups in total. The number of sulfonamides is 1. The Balaban J connectivity index is 1.16. The molecule has 0 radical (unpaired) electrons. The van der Waals surface area contributed by atoms with Gasteiger partial charge in [-0.3, -0.25) is 9.56 Å². The number of aromatic nitrogens is 3. The maximum Gasteiger partial charge on any atom is 0.407 e. The first-order valence-corrected chi connectivity index (χ1v) is 23.4. The maximum atomic E-state index is 15.6. The third-order valence-corrected chi connectivity index (χ3v) is 15.0. The molecule has 16 heteroatoms. The van der Waals surface area contributed by atoms with E-state index >= 15 is 4.39 Å². The molecule has 0 bridgehead atoms. The third kappa shape index (κ3) is 11.0. The summed E-state index contributed by atoms with van der Waals surface area (Å²) in [6.07, 6.45) is 6.14. The van der Waals surface area contributed by atoms with Crippen LogP contribution in [0.4, 0.5) is 9.18 Å². The first-order valence-electron chi connectivity index (χ1n) is 20.6. The van der Waals surface area contributed by atoms with Gasteiger partial charge in [-0.25, -0.2) is 22.4 Å². The standard InChI is InChI=1S/C45H55ClFN7O5S2/c1-29(50-44(56)59-28-30-13-8-7-9-14-30)12-10-15-31-24-36(40(47)37(46)25-31)38-26-33-27-53(43(55)52-41(33)51-38)34-20-18-32(19-21-34)39-17-11-16-35(22-23-60-42(48-5)49-6)54(39)61(57,58)45(2,3)4/h7-9,13-14,18-21,24-27,29,35,39H,10-12,15-17,22-23,28H2,1-6H3,(H,48,49)(H,50,56)(H,51,52,55)/t29-,35?,39-/m0/s1. The van der Waals surface area contributed by atoms with E-state index in [1.165, 1.54) is 4.57 Å². The molecule has 3 aromatic carbocycles. The predicted molar refractivity (Wildman–Crippen MR) is 245 cm³/mol. The van der Waals surface area contributed by atoms with E-state index in [0.29, 0.717) is 54.5 Å². The van der Waals surface area contributed by atoms with Crippen LogP contribution in [-0.4, -0.2) is 75.2 Å². The molecule has 0 aliphatic carbocycles. The van der Waals surface area contributed by atoms with E-state index in [2.05, 4.69) is 25.6 Å². The number of nitrogens with zero attached hydrogens (tertiary/aromatic N) is 4. The van der Waals surface area contributed by atoms with E-state index in [1.807, 2.05) is 68.6 Å². The number of halogens is 2. The zero-order valence-electron chi connectivity index (χ0n) is 35.5. The second-order valence-corrected chi connectivity index (χ2v) is 20.5. The predicted octanol–water partition coefficient (Wildman–Crippen LogP) is 9.16. The van der Waals surface area contributed by atoms with E-state index in [9.17, 15) is 18.0 Å². The van der Waals surface area contributed by atoms with Crippen LogP contribution in [0.3, 0.4) is 0 Å². The summed E-state index contributed by atoms with van der Waals surface area (Å²) in [6.45, 7) is 7.31. The van der Waals surface area contributed by atoms with Crippen molar-refractivity contribution >= 4 is 55.7 Å². The molecule has 5 aromatic rings. The Bertz CT molecular complexity index is 2510. The monoisotopic (exact) mass is 891 g/mol. The zero-order valence-corrected chi connectivity index (χ0v) is 37.9. The smallest absolute Gasteiger partial charge is 0.407 e. The quantitative estimate of drug-likeness (QED) is 0.0738. The molecule has 1 aliphatic heterocycles. The molecule has 3 atom stereocenters. The van der Waals surface area contributed by atoms with Crippen molar-refractivity contribution in [2.75, 3.05) is 19.8 Å². The molecular weight excluding hydrogens is 837 g/mol. The molecule has 1 aliphatic rings. The minimum absolute atomic E-state index is 0.0274. The van der Waals surface area contributed by atoms with E-state index < -0.39 is 32.4 Å². The molecule has 1 unspecified atom stereocenters. The van der Waals surface area contributed by atoms with Gasteiger partial charge in [-0.05, 0) is 120 Å². The van der Waals surface area contributed by atoms with Crippen molar-refractivity contribution in [2.45, 2.75) is 102 Å². The van der Waals surface area contributed by atoms with Crippen molar-refractivity contribution in [3.63, 3.8) is 0 Å². The number of aliphatic imine (C=N–C) groups is 1. The van der Waals surface area contributed by atoms with Gasteiger partial charge in [0.1, 0.15) is 12.3 Å². The van der Waals surface area contributed by atoms with Crippen LogP contribution in [0, 0.1) is 5.82 Å². The Morgan fingerprint density at radius 3 is 2.52 bits per heavy atom. The highest BCUT2D eigenvalue weighted by atomic mass is 35.5. The summed E-state index contributed by atoms with van der Waals surface area (Å²) in [7, 11) is -0.144. The molecule has 12 nitrogen and oxygen atoms in total. The van der Waals surface area contributed by atoms with Crippen molar-refractivity contribution in [3.05, 3.63) is 117 Å². The number of rotatable bonds is 14. The second-order valence-electron chi connectivity index (χ2n) is 16.4. The summed E-state index contributed by atoms with van der Waals surface area (Å²) in [6, 6.07) is 21.3. The fourth-order valence-corrected chi connectivity index (χ4v) is 10.6. The summed E-state index contributed by atoms with van der Waals surface area (Å²) in [5.74, 6) is 0.126.